The van der Waals surface area contributed by atoms with Crippen molar-refractivity contribution in [2.45, 2.75) is 83.5 Å². The highest BCUT2D eigenvalue weighted by atomic mass is 14.8. The van der Waals surface area contributed by atoms with Crippen LogP contribution in [-0.2, 0) is 5.41 Å². The van der Waals surface area contributed by atoms with E-state index in [1.54, 1.807) is 24.8 Å². The third kappa shape index (κ3) is 11.4. The summed E-state index contributed by atoms with van der Waals surface area (Å²) in [5.74, 6) is 14.3. The number of fused-ring (bicyclic) bond motifs is 3. The van der Waals surface area contributed by atoms with Crippen LogP contribution in [0.3, 0.4) is 0 Å². The van der Waals surface area contributed by atoms with Crippen LogP contribution in [0.25, 0.3) is 78.9 Å². The normalized spacial score (nSPS) is 11.9. The summed E-state index contributed by atoms with van der Waals surface area (Å²) in [6, 6.07) is 63.0. The van der Waals surface area contributed by atoms with Crippen molar-refractivity contribution in [3.05, 3.63) is 240 Å². The Kier molecular flexibility index (Phi) is 15.4. The van der Waals surface area contributed by atoms with Gasteiger partial charge in [-0.2, -0.15) is 0 Å². The lowest BCUT2D eigenvalue weighted by Gasteiger charge is -2.33. The molecule has 1 aliphatic carbocycles. The molecule has 10 aromatic rings. The fraction of sp³-hybridized carbons (Fsp3) is 0.183. The van der Waals surface area contributed by atoms with Crippen LogP contribution in [0.5, 0.6) is 0 Å². The van der Waals surface area contributed by atoms with Crippen LogP contribution in [0.4, 0.5) is 0 Å². The third-order valence-electron chi connectivity index (χ3n) is 14.8. The van der Waals surface area contributed by atoms with E-state index < -0.39 is 0 Å². The maximum Gasteiger partial charge on any atom is 0.0900 e. The van der Waals surface area contributed by atoms with Gasteiger partial charge in [0, 0.05) is 52.5 Å². The van der Waals surface area contributed by atoms with E-state index in [1.807, 2.05) is 72.8 Å². The smallest absolute Gasteiger partial charge is 0.0900 e. The molecule has 77 heavy (non-hydrogen) atoms. The number of hydrogen-bond donors (Lipinski definition) is 0. The third-order valence-corrected chi connectivity index (χ3v) is 14.8. The Bertz CT molecular complexity index is 3390. The first-order valence-corrected chi connectivity index (χ1v) is 27.3. The fourth-order valence-corrected chi connectivity index (χ4v) is 10.8. The summed E-state index contributed by atoms with van der Waals surface area (Å²) in [5, 5.41) is 0. The number of rotatable bonds is 16. The molecule has 374 valence electrons. The average molecular weight is 997 g/mol. The summed E-state index contributed by atoms with van der Waals surface area (Å²) in [5.41, 5.74) is 20.1. The van der Waals surface area contributed by atoms with Crippen molar-refractivity contribution in [1.29, 1.82) is 0 Å². The van der Waals surface area contributed by atoms with Crippen LogP contribution in [0.2, 0.25) is 0 Å². The van der Waals surface area contributed by atoms with Crippen LogP contribution in [0.15, 0.2) is 207 Å². The predicted octanol–water partition coefficient (Wildman–Crippen LogP) is 17.1. The summed E-state index contributed by atoms with van der Waals surface area (Å²) in [7, 11) is 0. The minimum absolute atomic E-state index is 0.121. The quantitative estimate of drug-likeness (QED) is 0.0709. The topological polar surface area (TPSA) is 77.3 Å². The summed E-state index contributed by atoms with van der Waals surface area (Å²) >= 11 is 0. The number of unbranched alkanes of at least 4 members (excludes halogenated alkanes) is 6. The maximum absolute atomic E-state index is 4.97. The van der Waals surface area contributed by atoms with Crippen molar-refractivity contribution < 1.29 is 0 Å². The van der Waals surface area contributed by atoms with Crippen LogP contribution in [0.1, 0.15) is 111 Å². The Morgan fingerprint density at radius 3 is 0.974 bits per heavy atom. The van der Waals surface area contributed by atoms with E-state index >= 15 is 0 Å². The predicted molar refractivity (Wildman–Crippen MR) is 314 cm³/mol. The Balaban J connectivity index is 0.888. The highest BCUT2D eigenvalue weighted by Crippen LogP contribution is 2.55. The van der Waals surface area contributed by atoms with Crippen molar-refractivity contribution in [2.75, 3.05) is 0 Å². The zero-order valence-electron chi connectivity index (χ0n) is 43.9. The molecule has 4 aromatic carbocycles. The molecule has 0 radical (unpaired) electrons. The number of nitrogens with zero attached hydrogens (tertiary/aromatic N) is 6. The van der Waals surface area contributed by atoms with Gasteiger partial charge in [-0.05, 0) is 179 Å². The van der Waals surface area contributed by atoms with E-state index in [0.29, 0.717) is 0 Å². The zero-order chi connectivity index (χ0) is 52.2. The Hall–Kier alpha value is -9.10. The van der Waals surface area contributed by atoms with Gasteiger partial charge in [-0.1, -0.05) is 150 Å². The molecule has 0 bridgehead atoms. The van der Waals surface area contributed by atoms with Gasteiger partial charge in [-0.3, -0.25) is 19.9 Å². The van der Waals surface area contributed by atoms with E-state index in [0.717, 1.165) is 103 Å². The van der Waals surface area contributed by atoms with Gasteiger partial charge >= 0.3 is 0 Å². The monoisotopic (exact) mass is 996 g/mol. The maximum atomic E-state index is 4.97. The van der Waals surface area contributed by atoms with Crippen molar-refractivity contribution in [2.24, 2.45) is 0 Å². The molecule has 6 nitrogen and oxygen atoms in total. The lowest BCUT2D eigenvalue weighted by molar-refractivity contribution is 0.401. The van der Waals surface area contributed by atoms with E-state index in [9.17, 15) is 0 Å². The molecule has 0 amide bonds. The van der Waals surface area contributed by atoms with Crippen LogP contribution in [-0.4, -0.2) is 29.9 Å². The second kappa shape index (κ2) is 23.6. The van der Waals surface area contributed by atoms with E-state index in [2.05, 4.69) is 167 Å². The number of benzene rings is 4. The van der Waals surface area contributed by atoms with Crippen LogP contribution >= 0.6 is 0 Å². The number of aromatic nitrogens is 6. The molecule has 0 spiro atoms. The number of hydrogen-bond acceptors (Lipinski definition) is 6. The minimum Gasteiger partial charge on any atom is -0.255 e. The van der Waals surface area contributed by atoms with Gasteiger partial charge in [0.05, 0.1) is 45.6 Å². The lowest BCUT2D eigenvalue weighted by Crippen LogP contribution is -2.26. The second-order valence-corrected chi connectivity index (χ2v) is 20.0. The standard InChI is InChI=1S/C71H60N6/c1-3-5-7-13-39-71(40-14-8-6-4-2)61-45-53(25-23-51-27-33-55(34-28-51)57-47-67(63-19-9-15-41-72-63)76-68(48-57)64-20-10-16-42-73-64)31-37-59(61)60-38-32-54(46-62(60)71)26-24-52-29-35-56(36-30-52)58-49-69(65-21-11-17-43-74-65)77-70(50-58)66-22-12-18-44-75-66/h9-12,15-22,27-38,41-50H,3-8,13-14,39-40H2,1-2H3. The molecular formula is C71H60N6. The molecule has 6 heteroatoms. The largest absolute Gasteiger partial charge is 0.255 e. The van der Waals surface area contributed by atoms with Gasteiger partial charge in [0.25, 0.3) is 0 Å². The molecule has 0 aliphatic heterocycles. The first kappa shape index (κ1) is 50.1. The molecule has 0 N–H and O–H groups in total. The van der Waals surface area contributed by atoms with Crippen LogP contribution < -0.4 is 0 Å². The number of pyridine rings is 6. The summed E-state index contributed by atoms with van der Waals surface area (Å²) in [6.45, 7) is 4.60. The molecule has 6 aromatic heterocycles. The van der Waals surface area contributed by atoms with Gasteiger partial charge in [0.15, 0.2) is 0 Å². The van der Waals surface area contributed by atoms with E-state index in [-0.39, 0.29) is 5.41 Å². The Labute approximate surface area is 453 Å². The molecule has 0 saturated heterocycles. The molecule has 6 heterocycles. The van der Waals surface area contributed by atoms with Crippen LogP contribution in [0, 0.1) is 23.7 Å². The first-order valence-electron chi connectivity index (χ1n) is 27.3. The fourth-order valence-electron chi connectivity index (χ4n) is 10.8. The average Bonchev–Trinajstić information content (AvgIpc) is 3.88. The van der Waals surface area contributed by atoms with Gasteiger partial charge < -0.3 is 0 Å². The lowest BCUT2D eigenvalue weighted by atomic mass is 9.70. The molecule has 11 rings (SSSR count). The summed E-state index contributed by atoms with van der Waals surface area (Å²) in [6.07, 6.45) is 19.1. The molecular weight excluding hydrogens is 937 g/mol. The molecule has 0 unspecified atom stereocenters. The van der Waals surface area contributed by atoms with Crippen molar-refractivity contribution in [3.8, 4) is 103 Å². The molecule has 0 saturated carbocycles. The van der Waals surface area contributed by atoms with Crippen molar-refractivity contribution >= 4 is 0 Å². The SMILES string of the molecule is CCCCCCC1(CCCCCC)c2cc(C#Cc3ccc(-c4cc(-c5ccccn5)nc(-c5ccccn5)c4)cc3)ccc2-c2ccc(C#Cc3ccc(-c4cc(-c5ccccn5)nc(-c5ccccn5)c4)cc3)cc21. The van der Waals surface area contributed by atoms with E-state index in [1.165, 1.54) is 73.6 Å². The molecule has 0 atom stereocenters. The summed E-state index contributed by atoms with van der Waals surface area (Å²) in [4.78, 5) is 28.4. The highest BCUT2D eigenvalue weighted by Gasteiger charge is 2.42. The highest BCUT2D eigenvalue weighted by molar-refractivity contribution is 5.83. The minimum atomic E-state index is -0.121. The van der Waals surface area contributed by atoms with E-state index in [4.69, 9.17) is 9.97 Å². The second-order valence-electron chi connectivity index (χ2n) is 20.0. The zero-order valence-corrected chi connectivity index (χ0v) is 43.9. The van der Waals surface area contributed by atoms with Gasteiger partial charge in [-0.15, -0.1) is 0 Å². The summed E-state index contributed by atoms with van der Waals surface area (Å²) < 4.78 is 0. The van der Waals surface area contributed by atoms with Gasteiger partial charge in [-0.25, -0.2) is 9.97 Å². The Morgan fingerprint density at radius 1 is 0.312 bits per heavy atom. The molecule has 0 fully saturated rings. The Morgan fingerprint density at radius 2 is 0.649 bits per heavy atom. The van der Waals surface area contributed by atoms with Gasteiger partial charge in [0.2, 0.25) is 0 Å². The van der Waals surface area contributed by atoms with Crippen molar-refractivity contribution in [3.63, 3.8) is 0 Å². The molecule has 1 aliphatic rings. The van der Waals surface area contributed by atoms with Gasteiger partial charge in [0.1, 0.15) is 0 Å². The first-order chi connectivity index (χ1) is 38.0. The van der Waals surface area contributed by atoms with Crippen molar-refractivity contribution in [1.82, 2.24) is 29.9 Å².